The van der Waals surface area contributed by atoms with Gasteiger partial charge in [-0.1, -0.05) is 159 Å². The highest BCUT2D eigenvalue weighted by molar-refractivity contribution is 5.87. The van der Waals surface area contributed by atoms with E-state index in [0.29, 0.717) is 17.5 Å². The fraction of sp³-hybridized carbons (Fsp3) is 0.0612. The molecule has 0 bridgehead atoms. The van der Waals surface area contributed by atoms with Crippen molar-refractivity contribution >= 4 is 0 Å². The predicted octanol–water partition coefficient (Wildman–Crippen LogP) is 12.1. The van der Waals surface area contributed by atoms with Crippen LogP contribution in [0.4, 0.5) is 0 Å². The molecule has 0 spiro atoms. The molecular weight excluding hydrogens is 645 g/mol. The van der Waals surface area contributed by atoms with Crippen molar-refractivity contribution in [2.24, 2.45) is 0 Å². The van der Waals surface area contributed by atoms with Crippen molar-refractivity contribution in [3.8, 4) is 84.7 Å². The molecule has 0 saturated heterocycles. The molecule has 0 unspecified atom stereocenters. The lowest BCUT2D eigenvalue weighted by molar-refractivity contribution is 0.660. The van der Waals surface area contributed by atoms with Crippen LogP contribution < -0.4 is 0 Å². The summed E-state index contributed by atoms with van der Waals surface area (Å²) >= 11 is 0. The van der Waals surface area contributed by atoms with Gasteiger partial charge >= 0.3 is 0 Å². The van der Waals surface area contributed by atoms with E-state index in [0.717, 1.165) is 66.8 Å². The number of fused-ring (bicyclic) bond motifs is 3. The lowest BCUT2D eigenvalue weighted by Crippen LogP contribution is -2.15. The van der Waals surface area contributed by atoms with Gasteiger partial charge in [0.1, 0.15) is 0 Å². The van der Waals surface area contributed by atoms with E-state index in [1.807, 2.05) is 48.5 Å². The Bertz CT molecular complexity index is 2690. The van der Waals surface area contributed by atoms with E-state index in [9.17, 15) is 5.26 Å². The molecule has 53 heavy (non-hydrogen) atoms. The van der Waals surface area contributed by atoms with Crippen LogP contribution in [-0.2, 0) is 5.41 Å². The first-order chi connectivity index (χ1) is 26.0. The van der Waals surface area contributed by atoms with Gasteiger partial charge in [0.15, 0.2) is 17.5 Å². The van der Waals surface area contributed by atoms with Crippen LogP contribution in [-0.4, -0.2) is 15.0 Å². The Morgan fingerprint density at radius 1 is 0.396 bits per heavy atom. The van der Waals surface area contributed by atoms with Gasteiger partial charge in [0, 0.05) is 27.7 Å². The second-order valence-electron chi connectivity index (χ2n) is 14.0. The third-order valence-corrected chi connectivity index (χ3v) is 10.4. The molecule has 0 fully saturated rings. The van der Waals surface area contributed by atoms with Crippen LogP contribution in [0.3, 0.4) is 0 Å². The molecule has 0 N–H and O–H groups in total. The number of hydrogen-bond acceptors (Lipinski definition) is 4. The minimum atomic E-state index is -0.194. The maximum absolute atomic E-state index is 9.86. The summed E-state index contributed by atoms with van der Waals surface area (Å²) in [5.74, 6) is 1.89. The SMILES string of the molecule is CC1(C)c2cc(-c3cccc(-c4ccc(-c5nc(-c6ccccc6)nc(-c6cccc(-c7ccccc7)c6)n5)cc4)c3)ccc2-c2c(C#N)cccc21. The Kier molecular flexibility index (Phi) is 7.83. The van der Waals surface area contributed by atoms with Crippen LogP contribution >= 0.6 is 0 Å². The molecule has 0 saturated carbocycles. The molecule has 1 aliphatic carbocycles. The quantitative estimate of drug-likeness (QED) is 0.176. The average molecular weight is 679 g/mol. The smallest absolute Gasteiger partial charge is 0.164 e. The normalized spacial score (nSPS) is 12.5. The van der Waals surface area contributed by atoms with Gasteiger partial charge in [-0.25, -0.2) is 15.0 Å². The Hall–Kier alpha value is -6.96. The van der Waals surface area contributed by atoms with Crippen LogP contribution in [0.25, 0.3) is 78.7 Å². The summed E-state index contributed by atoms with van der Waals surface area (Å²) in [6, 6.07) is 61.1. The van der Waals surface area contributed by atoms with Gasteiger partial charge in [0.05, 0.1) is 11.6 Å². The second kappa shape index (κ2) is 13.0. The molecule has 4 heteroatoms. The minimum Gasteiger partial charge on any atom is -0.208 e. The summed E-state index contributed by atoms with van der Waals surface area (Å²) in [5.41, 5.74) is 14.8. The second-order valence-corrected chi connectivity index (χ2v) is 14.0. The van der Waals surface area contributed by atoms with Gasteiger partial charge in [0.2, 0.25) is 0 Å². The van der Waals surface area contributed by atoms with Crippen molar-refractivity contribution < 1.29 is 0 Å². The summed E-state index contributed by atoms with van der Waals surface area (Å²) in [6.07, 6.45) is 0. The molecule has 1 heterocycles. The Morgan fingerprint density at radius 3 is 1.47 bits per heavy atom. The van der Waals surface area contributed by atoms with Gasteiger partial charge in [-0.15, -0.1) is 0 Å². The first-order valence-corrected chi connectivity index (χ1v) is 17.8. The number of aromatic nitrogens is 3. The monoisotopic (exact) mass is 678 g/mol. The number of benzene rings is 7. The maximum Gasteiger partial charge on any atom is 0.164 e. The van der Waals surface area contributed by atoms with Crippen LogP contribution in [0.15, 0.2) is 170 Å². The van der Waals surface area contributed by atoms with E-state index in [-0.39, 0.29) is 5.41 Å². The third-order valence-electron chi connectivity index (χ3n) is 10.4. The van der Waals surface area contributed by atoms with Gasteiger partial charge in [-0.05, 0) is 74.3 Å². The summed E-state index contributed by atoms with van der Waals surface area (Å²) in [7, 11) is 0. The zero-order chi connectivity index (χ0) is 35.9. The third kappa shape index (κ3) is 5.79. The van der Waals surface area contributed by atoms with E-state index in [2.05, 4.69) is 141 Å². The molecule has 0 radical (unpaired) electrons. The first kappa shape index (κ1) is 32.0. The van der Waals surface area contributed by atoms with Crippen molar-refractivity contribution in [1.29, 1.82) is 5.26 Å². The van der Waals surface area contributed by atoms with E-state index in [1.54, 1.807) is 0 Å². The summed E-state index contributed by atoms with van der Waals surface area (Å²) in [4.78, 5) is 14.9. The largest absolute Gasteiger partial charge is 0.208 e. The molecule has 1 aliphatic rings. The van der Waals surface area contributed by atoms with E-state index >= 15 is 0 Å². The molecule has 1 aromatic heterocycles. The van der Waals surface area contributed by atoms with Crippen molar-refractivity contribution in [3.63, 3.8) is 0 Å². The molecule has 0 aliphatic heterocycles. The van der Waals surface area contributed by atoms with Crippen molar-refractivity contribution in [1.82, 2.24) is 15.0 Å². The van der Waals surface area contributed by atoms with Gasteiger partial charge < -0.3 is 0 Å². The number of rotatable bonds is 6. The van der Waals surface area contributed by atoms with Crippen LogP contribution in [0, 0.1) is 11.3 Å². The predicted molar refractivity (Wildman–Crippen MR) is 215 cm³/mol. The van der Waals surface area contributed by atoms with Gasteiger partial charge in [0.25, 0.3) is 0 Å². The molecule has 9 rings (SSSR count). The highest BCUT2D eigenvalue weighted by Crippen LogP contribution is 2.51. The lowest BCUT2D eigenvalue weighted by Gasteiger charge is -2.22. The highest BCUT2D eigenvalue weighted by Gasteiger charge is 2.37. The molecular formula is C49H34N4. The molecule has 4 nitrogen and oxygen atoms in total. The number of nitrogens with zero attached hydrogens (tertiary/aromatic N) is 4. The topological polar surface area (TPSA) is 62.5 Å². The van der Waals surface area contributed by atoms with Gasteiger partial charge in [-0.2, -0.15) is 5.26 Å². The average Bonchev–Trinajstić information content (AvgIpc) is 3.47. The van der Waals surface area contributed by atoms with E-state index in [1.165, 1.54) is 11.1 Å². The minimum absolute atomic E-state index is 0.194. The van der Waals surface area contributed by atoms with Crippen molar-refractivity contribution in [2.45, 2.75) is 19.3 Å². The lowest BCUT2D eigenvalue weighted by atomic mass is 9.81. The van der Waals surface area contributed by atoms with Crippen LogP contribution in [0.5, 0.6) is 0 Å². The standard InChI is InChI=1S/C49H34N4/c1-49(2)43-21-11-20-41(31-50)45(43)42-27-26-39(30-44(42)49)38-18-9-16-36(28-38)33-22-24-35(25-23-33)47-51-46(34-14-7-4-8-15-34)52-48(53-47)40-19-10-17-37(29-40)32-12-5-3-6-13-32/h3-30H,1-2H3. The molecule has 0 amide bonds. The number of nitriles is 1. The fourth-order valence-electron chi connectivity index (χ4n) is 7.57. The van der Waals surface area contributed by atoms with E-state index in [4.69, 9.17) is 15.0 Å². The van der Waals surface area contributed by atoms with E-state index < -0.39 is 0 Å². The van der Waals surface area contributed by atoms with Gasteiger partial charge in [-0.3, -0.25) is 0 Å². The maximum atomic E-state index is 9.86. The highest BCUT2D eigenvalue weighted by atomic mass is 15.0. The Balaban J connectivity index is 1.06. The fourth-order valence-corrected chi connectivity index (χ4v) is 7.57. The van der Waals surface area contributed by atoms with Crippen LogP contribution in [0.1, 0.15) is 30.5 Å². The summed E-state index contributed by atoms with van der Waals surface area (Å²) in [5, 5.41) is 9.86. The van der Waals surface area contributed by atoms with Crippen LogP contribution in [0.2, 0.25) is 0 Å². The number of hydrogen-bond donors (Lipinski definition) is 0. The summed E-state index contributed by atoms with van der Waals surface area (Å²) < 4.78 is 0. The molecule has 0 atom stereocenters. The molecule has 250 valence electrons. The summed E-state index contributed by atoms with van der Waals surface area (Å²) in [6.45, 7) is 4.50. The molecule has 7 aromatic carbocycles. The first-order valence-electron chi connectivity index (χ1n) is 17.8. The zero-order valence-electron chi connectivity index (χ0n) is 29.5. The van der Waals surface area contributed by atoms with Crippen molar-refractivity contribution in [2.75, 3.05) is 0 Å². The Morgan fingerprint density at radius 2 is 0.830 bits per heavy atom. The Labute approximate surface area is 309 Å². The zero-order valence-corrected chi connectivity index (χ0v) is 29.5. The van der Waals surface area contributed by atoms with Crippen molar-refractivity contribution in [3.05, 3.63) is 187 Å². The molecule has 8 aromatic rings.